The largest absolute Gasteiger partial charge is 0.265 e. The zero-order chi connectivity index (χ0) is 9.30. The van der Waals surface area contributed by atoms with Gasteiger partial charge in [-0.15, -0.1) is 0 Å². The standard InChI is InChI=1S/C8H6Br2F2/c1-4-2-3-5(9)7(10)6(4)8(11)12/h2-3,8H,1H3. The highest BCUT2D eigenvalue weighted by molar-refractivity contribution is 9.13. The van der Waals surface area contributed by atoms with Gasteiger partial charge in [-0.25, -0.2) is 8.78 Å². The minimum atomic E-state index is -2.43. The monoisotopic (exact) mass is 298 g/mol. The molecule has 12 heavy (non-hydrogen) atoms. The van der Waals surface area contributed by atoms with Gasteiger partial charge >= 0.3 is 0 Å². The lowest BCUT2D eigenvalue weighted by molar-refractivity contribution is 0.149. The second-order valence-electron chi connectivity index (χ2n) is 2.39. The van der Waals surface area contributed by atoms with Crippen molar-refractivity contribution in [3.05, 3.63) is 32.2 Å². The van der Waals surface area contributed by atoms with Crippen molar-refractivity contribution in [3.8, 4) is 0 Å². The van der Waals surface area contributed by atoms with Gasteiger partial charge in [-0.1, -0.05) is 6.07 Å². The molecule has 0 aliphatic carbocycles. The van der Waals surface area contributed by atoms with Gasteiger partial charge in [0.25, 0.3) is 6.43 Å². The maximum atomic E-state index is 12.4. The average Bonchev–Trinajstić information content (AvgIpc) is 1.97. The van der Waals surface area contributed by atoms with Gasteiger partial charge in [0.05, 0.1) is 0 Å². The number of halogens is 4. The van der Waals surface area contributed by atoms with Gasteiger partial charge in [-0.2, -0.15) is 0 Å². The summed E-state index contributed by atoms with van der Waals surface area (Å²) in [6.45, 7) is 1.67. The third kappa shape index (κ3) is 1.85. The normalized spacial score (nSPS) is 10.8. The van der Waals surface area contributed by atoms with E-state index in [0.717, 1.165) is 0 Å². The van der Waals surface area contributed by atoms with Crippen LogP contribution in [0.1, 0.15) is 17.6 Å². The summed E-state index contributed by atoms with van der Waals surface area (Å²) in [5.41, 5.74) is 0.657. The lowest BCUT2D eigenvalue weighted by Gasteiger charge is -2.08. The molecular weight excluding hydrogens is 294 g/mol. The van der Waals surface area contributed by atoms with Gasteiger partial charge < -0.3 is 0 Å². The first kappa shape index (κ1) is 10.1. The molecule has 66 valence electrons. The lowest BCUT2D eigenvalue weighted by atomic mass is 10.1. The molecule has 1 aromatic rings. The van der Waals surface area contributed by atoms with Crippen LogP contribution in [0, 0.1) is 6.92 Å². The number of aryl methyl sites for hydroxylation is 1. The van der Waals surface area contributed by atoms with E-state index in [-0.39, 0.29) is 5.56 Å². The molecule has 0 saturated carbocycles. The Morgan fingerprint density at radius 3 is 2.25 bits per heavy atom. The first-order chi connectivity index (χ1) is 5.54. The topological polar surface area (TPSA) is 0 Å². The molecule has 0 unspecified atom stereocenters. The SMILES string of the molecule is Cc1ccc(Br)c(Br)c1C(F)F. The van der Waals surface area contributed by atoms with E-state index >= 15 is 0 Å². The quantitative estimate of drug-likeness (QED) is 0.718. The van der Waals surface area contributed by atoms with Crippen LogP contribution < -0.4 is 0 Å². The van der Waals surface area contributed by atoms with Crippen LogP contribution in [0.25, 0.3) is 0 Å². The van der Waals surface area contributed by atoms with Crippen LogP contribution in [-0.2, 0) is 0 Å². The predicted molar refractivity (Wildman–Crippen MR) is 51.5 cm³/mol. The van der Waals surface area contributed by atoms with E-state index in [9.17, 15) is 8.78 Å². The van der Waals surface area contributed by atoms with E-state index in [2.05, 4.69) is 31.9 Å². The lowest BCUT2D eigenvalue weighted by Crippen LogP contribution is -1.91. The Hall–Kier alpha value is 0.0400. The molecule has 0 aliphatic heterocycles. The molecule has 1 aromatic carbocycles. The number of rotatable bonds is 1. The second-order valence-corrected chi connectivity index (χ2v) is 4.04. The van der Waals surface area contributed by atoms with Crippen molar-refractivity contribution in [2.45, 2.75) is 13.3 Å². The number of benzene rings is 1. The molecule has 0 aliphatic rings. The van der Waals surface area contributed by atoms with Crippen LogP contribution in [0.2, 0.25) is 0 Å². The molecule has 0 radical (unpaired) electrons. The molecule has 0 heterocycles. The van der Waals surface area contributed by atoms with E-state index in [0.29, 0.717) is 14.5 Å². The van der Waals surface area contributed by atoms with Crippen LogP contribution in [0.15, 0.2) is 21.1 Å². The Labute approximate surface area is 86.2 Å². The highest BCUT2D eigenvalue weighted by Crippen LogP contribution is 2.35. The average molecular weight is 300 g/mol. The zero-order valence-corrected chi connectivity index (χ0v) is 9.42. The van der Waals surface area contributed by atoms with E-state index in [4.69, 9.17) is 0 Å². The molecule has 0 aromatic heterocycles. The summed E-state index contributed by atoms with van der Waals surface area (Å²) < 4.78 is 25.9. The van der Waals surface area contributed by atoms with Crippen LogP contribution in [0.3, 0.4) is 0 Å². The van der Waals surface area contributed by atoms with Gasteiger partial charge in [0, 0.05) is 14.5 Å². The smallest absolute Gasteiger partial charge is 0.205 e. The minimum Gasteiger partial charge on any atom is -0.205 e. The molecule has 1 rings (SSSR count). The number of alkyl halides is 2. The molecule has 0 bridgehead atoms. The Morgan fingerprint density at radius 1 is 1.25 bits per heavy atom. The summed E-state index contributed by atoms with van der Waals surface area (Å²) in [5, 5.41) is 0. The fraction of sp³-hybridized carbons (Fsp3) is 0.250. The number of hydrogen-bond acceptors (Lipinski definition) is 0. The summed E-state index contributed by atoms with van der Waals surface area (Å²) in [7, 11) is 0. The predicted octanol–water partition coefficient (Wildman–Crippen LogP) is 4.46. The van der Waals surface area contributed by atoms with E-state index in [1.165, 1.54) is 0 Å². The van der Waals surface area contributed by atoms with Crippen molar-refractivity contribution >= 4 is 31.9 Å². The summed E-state index contributed by atoms with van der Waals surface area (Å²) >= 11 is 6.27. The van der Waals surface area contributed by atoms with Gasteiger partial charge in [0.2, 0.25) is 0 Å². The van der Waals surface area contributed by atoms with Gasteiger partial charge in [-0.3, -0.25) is 0 Å². The zero-order valence-electron chi connectivity index (χ0n) is 6.24. The van der Waals surface area contributed by atoms with E-state index < -0.39 is 6.43 Å². The molecule has 0 atom stereocenters. The van der Waals surface area contributed by atoms with Crippen molar-refractivity contribution in [2.24, 2.45) is 0 Å². The second kappa shape index (κ2) is 3.83. The summed E-state index contributed by atoms with van der Waals surface area (Å²) in [5.74, 6) is 0. The van der Waals surface area contributed by atoms with Gasteiger partial charge in [0.15, 0.2) is 0 Å². The summed E-state index contributed by atoms with van der Waals surface area (Å²) in [4.78, 5) is 0. The van der Waals surface area contributed by atoms with Crippen molar-refractivity contribution in [3.63, 3.8) is 0 Å². The van der Waals surface area contributed by atoms with Crippen molar-refractivity contribution in [1.82, 2.24) is 0 Å². The van der Waals surface area contributed by atoms with E-state index in [1.807, 2.05) is 0 Å². The fourth-order valence-electron chi connectivity index (χ4n) is 0.931. The Bertz CT molecular complexity index is 297. The first-order valence-corrected chi connectivity index (χ1v) is 4.85. The van der Waals surface area contributed by atoms with E-state index in [1.54, 1.807) is 19.1 Å². The highest BCUT2D eigenvalue weighted by Gasteiger charge is 2.15. The Kier molecular flexibility index (Phi) is 3.23. The molecular formula is C8H6Br2F2. The molecule has 0 fully saturated rings. The molecule has 0 nitrogen and oxygen atoms in total. The van der Waals surface area contributed by atoms with Gasteiger partial charge in [0.1, 0.15) is 0 Å². The van der Waals surface area contributed by atoms with Crippen LogP contribution in [0.4, 0.5) is 8.78 Å². The third-order valence-corrected chi connectivity index (χ3v) is 3.62. The molecule has 0 N–H and O–H groups in total. The van der Waals surface area contributed by atoms with Crippen molar-refractivity contribution in [2.75, 3.05) is 0 Å². The van der Waals surface area contributed by atoms with Gasteiger partial charge in [-0.05, 0) is 50.4 Å². The molecule has 0 saturated heterocycles. The molecule has 0 spiro atoms. The summed E-state index contributed by atoms with van der Waals surface area (Å²) in [6.07, 6.45) is -2.43. The first-order valence-electron chi connectivity index (χ1n) is 3.26. The minimum absolute atomic E-state index is 0.0596. The fourth-order valence-corrected chi connectivity index (χ4v) is 1.89. The Morgan fingerprint density at radius 2 is 1.83 bits per heavy atom. The number of hydrogen-bond donors (Lipinski definition) is 0. The van der Waals surface area contributed by atoms with Crippen LogP contribution in [-0.4, -0.2) is 0 Å². The highest BCUT2D eigenvalue weighted by atomic mass is 79.9. The molecule has 4 heteroatoms. The van der Waals surface area contributed by atoms with Crippen LogP contribution >= 0.6 is 31.9 Å². The Balaban J connectivity index is 3.33. The van der Waals surface area contributed by atoms with Crippen molar-refractivity contribution < 1.29 is 8.78 Å². The molecule has 0 amide bonds. The third-order valence-electron chi connectivity index (χ3n) is 1.57. The van der Waals surface area contributed by atoms with Crippen LogP contribution in [0.5, 0.6) is 0 Å². The maximum Gasteiger partial charge on any atom is 0.265 e. The maximum absolute atomic E-state index is 12.4. The van der Waals surface area contributed by atoms with Crippen molar-refractivity contribution in [1.29, 1.82) is 0 Å². The summed E-state index contributed by atoms with van der Waals surface area (Å²) in [6, 6.07) is 3.40.